The number of hydrogen-bond acceptors (Lipinski definition) is 4. The largest absolute Gasteiger partial charge is 0.516 e. The molecule has 0 saturated carbocycles. The molecule has 1 heterocycles. The Bertz CT molecular complexity index is 701. The van der Waals surface area contributed by atoms with Gasteiger partial charge in [-0.3, -0.25) is 0 Å². The van der Waals surface area contributed by atoms with Crippen LogP contribution in [0.25, 0.3) is 6.08 Å². The number of hydrogen-bond donors (Lipinski definition) is 0. The van der Waals surface area contributed by atoms with Crippen LogP contribution in [0.2, 0.25) is 0 Å². The molecule has 0 bridgehead atoms. The van der Waals surface area contributed by atoms with Crippen LogP contribution in [0, 0.1) is 0 Å². The third-order valence-corrected chi connectivity index (χ3v) is 3.18. The van der Waals surface area contributed by atoms with Crippen molar-refractivity contribution in [2.75, 3.05) is 6.61 Å². The van der Waals surface area contributed by atoms with Crippen molar-refractivity contribution in [3.05, 3.63) is 65.5 Å². The monoisotopic (exact) mass is 313 g/mol. The smallest absolute Gasteiger partial charge is 0.434 e. The van der Waals surface area contributed by atoms with Crippen LogP contribution in [0.5, 0.6) is 0 Å². The summed E-state index contributed by atoms with van der Waals surface area (Å²) in [6.45, 7) is 4.10. The summed E-state index contributed by atoms with van der Waals surface area (Å²) in [4.78, 5) is 23.0. The maximum atomic E-state index is 11.8. The topological polar surface area (TPSA) is 57.5 Å². The number of ether oxygens (including phenoxy) is 2. The molecular formula is C18H19NO4. The van der Waals surface area contributed by atoms with E-state index in [-0.39, 0.29) is 6.61 Å². The van der Waals surface area contributed by atoms with E-state index in [4.69, 9.17) is 0 Å². The van der Waals surface area contributed by atoms with E-state index in [9.17, 15) is 9.59 Å². The van der Waals surface area contributed by atoms with Gasteiger partial charge >= 0.3 is 12.1 Å². The van der Waals surface area contributed by atoms with Gasteiger partial charge in [0.2, 0.25) is 0 Å². The number of benzene rings is 1. The lowest BCUT2D eigenvalue weighted by atomic mass is 10.2. The van der Waals surface area contributed by atoms with Gasteiger partial charge in [-0.1, -0.05) is 30.3 Å². The number of aromatic nitrogens is 1. The summed E-state index contributed by atoms with van der Waals surface area (Å²) < 4.78 is 11.2. The standard InChI is InChI=1S/C18H19NO4/c1-3-22-18(21)23-17(20)14(2)12-16-10-7-11-19(16)13-15-8-5-4-6-9-15/h4-12H,3,13H2,1-2H3/b14-12+. The molecule has 23 heavy (non-hydrogen) atoms. The highest BCUT2D eigenvalue weighted by molar-refractivity contribution is 5.97. The van der Waals surface area contributed by atoms with E-state index in [1.54, 1.807) is 19.9 Å². The molecule has 0 aliphatic rings. The van der Waals surface area contributed by atoms with Crippen molar-refractivity contribution < 1.29 is 19.1 Å². The first kappa shape index (κ1) is 16.5. The van der Waals surface area contributed by atoms with Crippen molar-refractivity contribution in [1.82, 2.24) is 4.57 Å². The van der Waals surface area contributed by atoms with Crippen molar-refractivity contribution in [3.8, 4) is 0 Å². The van der Waals surface area contributed by atoms with Crippen molar-refractivity contribution >= 4 is 18.2 Å². The highest BCUT2D eigenvalue weighted by Gasteiger charge is 2.13. The van der Waals surface area contributed by atoms with E-state index in [1.165, 1.54) is 0 Å². The Labute approximate surface area is 135 Å². The van der Waals surface area contributed by atoms with Gasteiger partial charge in [-0.05, 0) is 37.6 Å². The Morgan fingerprint density at radius 1 is 1.13 bits per heavy atom. The van der Waals surface area contributed by atoms with Crippen LogP contribution in [0.4, 0.5) is 4.79 Å². The Hall–Kier alpha value is -2.82. The molecule has 0 amide bonds. The fraction of sp³-hybridized carbons (Fsp3) is 0.222. The van der Waals surface area contributed by atoms with E-state index in [0.717, 1.165) is 11.3 Å². The molecule has 1 aromatic carbocycles. The summed E-state index contributed by atoms with van der Waals surface area (Å²) in [5.41, 5.74) is 2.34. The van der Waals surface area contributed by atoms with E-state index in [0.29, 0.717) is 12.1 Å². The van der Waals surface area contributed by atoms with Gasteiger partial charge in [0.25, 0.3) is 0 Å². The van der Waals surface area contributed by atoms with E-state index in [1.807, 2.05) is 53.2 Å². The molecule has 0 saturated heterocycles. The molecule has 0 atom stereocenters. The van der Waals surface area contributed by atoms with Gasteiger partial charge in [0.05, 0.1) is 6.61 Å². The molecule has 0 N–H and O–H groups in total. The number of carbonyl (C=O) groups is 2. The Kier molecular flexibility index (Phi) is 5.74. The Balaban J connectivity index is 2.09. The first-order chi connectivity index (χ1) is 11.1. The molecular weight excluding hydrogens is 294 g/mol. The number of nitrogens with zero attached hydrogens (tertiary/aromatic N) is 1. The first-order valence-electron chi connectivity index (χ1n) is 7.36. The Morgan fingerprint density at radius 2 is 1.87 bits per heavy atom. The zero-order valence-corrected chi connectivity index (χ0v) is 13.2. The number of rotatable bonds is 5. The summed E-state index contributed by atoms with van der Waals surface area (Å²) >= 11 is 0. The molecule has 0 aliphatic carbocycles. The van der Waals surface area contributed by atoms with Crippen molar-refractivity contribution in [2.45, 2.75) is 20.4 Å². The SMILES string of the molecule is CCOC(=O)OC(=O)/C(C)=C/c1cccn1Cc1ccccc1. The van der Waals surface area contributed by atoms with Crippen LogP contribution < -0.4 is 0 Å². The van der Waals surface area contributed by atoms with Gasteiger partial charge in [-0.15, -0.1) is 0 Å². The fourth-order valence-electron chi connectivity index (χ4n) is 2.07. The van der Waals surface area contributed by atoms with Crippen LogP contribution >= 0.6 is 0 Å². The molecule has 2 aromatic rings. The summed E-state index contributed by atoms with van der Waals surface area (Å²) in [6.07, 6.45) is 2.64. The molecule has 5 heteroatoms. The van der Waals surface area contributed by atoms with E-state index >= 15 is 0 Å². The normalized spacial score (nSPS) is 11.1. The summed E-state index contributed by atoms with van der Waals surface area (Å²) in [7, 11) is 0. The minimum atomic E-state index is -0.982. The molecule has 1 aromatic heterocycles. The van der Waals surface area contributed by atoms with E-state index < -0.39 is 12.1 Å². The van der Waals surface area contributed by atoms with Crippen molar-refractivity contribution in [1.29, 1.82) is 0 Å². The average Bonchev–Trinajstić information content (AvgIpc) is 2.95. The minimum absolute atomic E-state index is 0.162. The molecule has 5 nitrogen and oxygen atoms in total. The highest BCUT2D eigenvalue weighted by Crippen LogP contribution is 2.12. The average molecular weight is 313 g/mol. The lowest BCUT2D eigenvalue weighted by Gasteiger charge is -2.08. The van der Waals surface area contributed by atoms with Gasteiger partial charge < -0.3 is 14.0 Å². The van der Waals surface area contributed by atoms with Gasteiger partial charge in [0.15, 0.2) is 0 Å². The summed E-state index contributed by atoms with van der Waals surface area (Å²) in [6, 6.07) is 13.8. The fourth-order valence-corrected chi connectivity index (χ4v) is 2.07. The van der Waals surface area contributed by atoms with Gasteiger partial charge in [-0.2, -0.15) is 0 Å². The van der Waals surface area contributed by atoms with Crippen LogP contribution in [0.15, 0.2) is 54.2 Å². The third-order valence-electron chi connectivity index (χ3n) is 3.18. The van der Waals surface area contributed by atoms with Crippen LogP contribution in [-0.2, 0) is 20.8 Å². The Morgan fingerprint density at radius 3 is 2.57 bits per heavy atom. The first-order valence-corrected chi connectivity index (χ1v) is 7.36. The number of carbonyl (C=O) groups excluding carboxylic acids is 2. The van der Waals surface area contributed by atoms with Crippen molar-refractivity contribution in [3.63, 3.8) is 0 Å². The lowest BCUT2D eigenvalue weighted by molar-refractivity contribution is -0.135. The van der Waals surface area contributed by atoms with Crippen LogP contribution in [-0.4, -0.2) is 23.3 Å². The molecule has 0 unspecified atom stereocenters. The molecule has 0 fully saturated rings. The minimum Gasteiger partial charge on any atom is -0.434 e. The van der Waals surface area contributed by atoms with E-state index in [2.05, 4.69) is 9.47 Å². The predicted octanol–water partition coefficient (Wildman–Crippen LogP) is 3.64. The highest BCUT2D eigenvalue weighted by atomic mass is 16.7. The quantitative estimate of drug-likeness (QED) is 0.480. The van der Waals surface area contributed by atoms with Crippen LogP contribution in [0.1, 0.15) is 25.1 Å². The van der Waals surface area contributed by atoms with Gasteiger partial charge in [0, 0.05) is 24.0 Å². The van der Waals surface area contributed by atoms with Crippen LogP contribution in [0.3, 0.4) is 0 Å². The molecule has 0 spiro atoms. The maximum Gasteiger partial charge on any atom is 0.516 e. The lowest BCUT2D eigenvalue weighted by Crippen LogP contribution is -2.14. The van der Waals surface area contributed by atoms with Gasteiger partial charge in [0.1, 0.15) is 0 Å². The van der Waals surface area contributed by atoms with Gasteiger partial charge in [-0.25, -0.2) is 9.59 Å². The molecule has 0 radical (unpaired) electrons. The summed E-state index contributed by atoms with van der Waals surface area (Å²) in [5, 5.41) is 0. The number of esters is 1. The second-order valence-corrected chi connectivity index (χ2v) is 4.95. The maximum absolute atomic E-state index is 11.8. The second-order valence-electron chi connectivity index (χ2n) is 4.95. The molecule has 120 valence electrons. The zero-order chi connectivity index (χ0) is 16.7. The molecule has 0 aliphatic heterocycles. The molecule has 2 rings (SSSR count). The summed E-state index contributed by atoms with van der Waals surface area (Å²) in [5.74, 6) is -0.712. The zero-order valence-electron chi connectivity index (χ0n) is 13.2. The van der Waals surface area contributed by atoms with Crippen molar-refractivity contribution in [2.24, 2.45) is 0 Å². The predicted molar refractivity (Wildman–Crippen MR) is 86.7 cm³/mol. The second kappa shape index (κ2) is 7.98. The third kappa shape index (κ3) is 4.85.